The Hall–Kier alpha value is -2.18. The van der Waals surface area contributed by atoms with Crippen LogP contribution in [0.5, 0.6) is 0 Å². The average Bonchev–Trinajstić information content (AvgIpc) is 3.29. The summed E-state index contributed by atoms with van der Waals surface area (Å²) in [6.07, 6.45) is 2.14. The van der Waals surface area contributed by atoms with Crippen LogP contribution in [-0.4, -0.2) is 79.0 Å². The zero-order valence-corrected chi connectivity index (χ0v) is 15.9. The van der Waals surface area contributed by atoms with Crippen LogP contribution in [0.25, 0.3) is 5.57 Å². The summed E-state index contributed by atoms with van der Waals surface area (Å²) in [4.78, 5) is 32.2. The molecule has 2 amide bonds. The first-order valence-electron chi connectivity index (χ1n) is 9.88. The summed E-state index contributed by atoms with van der Waals surface area (Å²) in [6, 6.07) is 7.91. The molecular weight excluding hydrogens is 342 g/mol. The standard InChI is InChI=1S/C21H27N3O3/c1-16-4-6-17(7-5-16)18-19(23-8-2-3-9-23)21(26)24(20(18)25)11-10-22-12-14-27-15-13-22/h4-7H,2-3,8-15H2,1H3. The SMILES string of the molecule is Cc1ccc(C2=C(N3CCCC3)C(=O)N(CCN3CCOCC3)C2=O)cc1. The number of hydrogen-bond acceptors (Lipinski definition) is 5. The van der Waals surface area contributed by atoms with Gasteiger partial charge in [0.15, 0.2) is 0 Å². The molecule has 0 atom stereocenters. The number of rotatable bonds is 5. The van der Waals surface area contributed by atoms with E-state index in [4.69, 9.17) is 4.74 Å². The number of carbonyl (C=O) groups excluding carboxylic acids is 2. The van der Waals surface area contributed by atoms with E-state index in [-0.39, 0.29) is 11.8 Å². The second-order valence-corrected chi connectivity index (χ2v) is 7.50. The topological polar surface area (TPSA) is 53.1 Å². The molecule has 2 saturated heterocycles. The van der Waals surface area contributed by atoms with Crippen molar-refractivity contribution < 1.29 is 14.3 Å². The fourth-order valence-corrected chi connectivity index (χ4v) is 4.05. The number of nitrogens with zero attached hydrogens (tertiary/aromatic N) is 3. The van der Waals surface area contributed by atoms with Gasteiger partial charge in [-0.1, -0.05) is 29.8 Å². The quantitative estimate of drug-likeness (QED) is 0.737. The number of benzene rings is 1. The normalized spacial score (nSPS) is 21.7. The molecule has 6 heteroatoms. The number of aryl methyl sites for hydroxylation is 1. The Labute approximate surface area is 160 Å². The van der Waals surface area contributed by atoms with Gasteiger partial charge >= 0.3 is 0 Å². The monoisotopic (exact) mass is 369 g/mol. The van der Waals surface area contributed by atoms with Gasteiger partial charge in [-0.3, -0.25) is 19.4 Å². The lowest BCUT2D eigenvalue weighted by Gasteiger charge is -2.28. The van der Waals surface area contributed by atoms with E-state index in [1.165, 1.54) is 4.90 Å². The van der Waals surface area contributed by atoms with Crippen molar-refractivity contribution in [1.82, 2.24) is 14.7 Å². The number of amides is 2. The van der Waals surface area contributed by atoms with Crippen molar-refractivity contribution >= 4 is 17.4 Å². The van der Waals surface area contributed by atoms with Crippen LogP contribution >= 0.6 is 0 Å². The Bertz CT molecular complexity index is 744. The fraction of sp³-hybridized carbons (Fsp3) is 0.524. The van der Waals surface area contributed by atoms with Gasteiger partial charge in [-0.15, -0.1) is 0 Å². The molecule has 6 nitrogen and oxygen atoms in total. The Balaban J connectivity index is 1.59. The van der Waals surface area contributed by atoms with Gasteiger partial charge in [0, 0.05) is 39.3 Å². The number of carbonyl (C=O) groups is 2. The van der Waals surface area contributed by atoms with Crippen LogP contribution < -0.4 is 0 Å². The molecule has 1 aromatic rings. The van der Waals surface area contributed by atoms with E-state index >= 15 is 0 Å². The highest BCUT2D eigenvalue weighted by Crippen LogP contribution is 2.33. The third-order valence-electron chi connectivity index (χ3n) is 5.65. The lowest BCUT2D eigenvalue weighted by molar-refractivity contribution is -0.137. The largest absolute Gasteiger partial charge is 0.379 e. The maximum absolute atomic E-state index is 13.2. The molecule has 0 aromatic heterocycles. The fourth-order valence-electron chi connectivity index (χ4n) is 4.05. The molecule has 3 aliphatic heterocycles. The highest BCUT2D eigenvalue weighted by atomic mass is 16.5. The predicted octanol–water partition coefficient (Wildman–Crippen LogP) is 1.50. The lowest BCUT2D eigenvalue weighted by atomic mass is 10.0. The Morgan fingerprint density at radius 3 is 2.22 bits per heavy atom. The zero-order valence-electron chi connectivity index (χ0n) is 15.9. The summed E-state index contributed by atoms with van der Waals surface area (Å²) in [5, 5.41) is 0. The molecule has 0 N–H and O–H groups in total. The Morgan fingerprint density at radius 1 is 0.889 bits per heavy atom. The molecular formula is C21H27N3O3. The summed E-state index contributed by atoms with van der Waals surface area (Å²) in [6.45, 7) is 8.00. The van der Waals surface area contributed by atoms with E-state index in [2.05, 4.69) is 9.80 Å². The van der Waals surface area contributed by atoms with Gasteiger partial charge in [0.05, 0.1) is 18.8 Å². The van der Waals surface area contributed by atoms with E-state index in [0.29, 0.717) is 37.6 Å². The molecule has 0 bridgehead atoms. The van der Waals surface area contributed by atoms with Crippen LogP contribution in [0.15, 0.2) is 30.0 Å². The van der Waals surface area contributed by atoms with Crippen molar-refractivity contribution in [2.45, 2.75) is 19.8 Å². The molecule has 1 aromatic carbocycles. The second kappa shape index (κ2) is 7.82. The van der Waals surface area contributed by atoms with E-state index < -0.39 is 0 Å². The third-order valence-corrected chi connectivity index (χ3v) is 5.65. The van der Waals surface area contributed by atoms with Crippen LogP contribution in [0.2, 0.25) is 0 Å². The molecule has 27 heavy (non-hydrogen) atoms. The molecule has 0 saturated carbocycles. The first-order chi connectivity index (χ1) is 13.1. The predicted molar refractivity (Wildman–Crippen MR) is 103 cm³/mol. The average molecular weight is 369 g/mol. The molecule has 144 valence electrons. The molecule has 2 fully saturated rings. The number of likely N-dealkylation sites (tertiary alicyclic amines) is 1. The van der Waals surface area contributed by atoms with Gasteiger partial charge in [0.25, 0.3) is 11.8 Å². The van der Waals surface area contributed by atoms with E-state index in [9.17, 15) is 9.59 Å². The minimum atomic E-state index is -0.154. The highest BCUT2D eigenvalue weighted by Gasteiger charge is 2.41. The first-order valence-corrected chi connectivity index (χ1v) is 9.88. The van der Waals surface area contributed by atoms with Crippen molar-refractivity contribution in [2.75, 3.05) is 52.5 Å². The summed E-state index contributed by atoms with van der Waals surface area (Å²) in [5.41, 5.74) is 3.16. The van der Waals surface area contributed by atoms with Crippen molar-refractivity contribution in [2.24, 2.45) is 0 Å². The molecule has 3 aliphatic rings. The molecule has 0 spiro atoms. The van der Waals surface area contributed by atoms with Crippen LogP contribution in [0.4, 0.5) is 0 Å². The number of hydrogen-bond donors (Lipinski definition) is 0. The third kappa shape index (κ3) is 3.64. The Morgan fingerprint density at radius 2 is 1.56 bits per heavy atom. The minimum absolute atomic E-state index is 0.134. The van der Waals surface area contributed by atoms with Crippen molar-refractivity contribution in [3.05, 3.63) is 41.1 Å². The summed E-state index contributed by atoms with van der Waals surface area (Å²) in [5.74, 6) is -0.287. The molecule has 0 unspecified atom stereocenters. The van der Waals surface area contributed by atoms with Gasteiger partial charge in [0.2, 0.25) is 0 Å². The minimum Gasteiger partial charge on any atom is -0.379 e. The zero-order chi connectivity index (χ0) is 18.8. The lowest BCUT2D eigenvalue weighted by Crippen LogP contribution is -2.44. The van der Waals surface area contributed by atoms with Gasteiger partial charge in [-0.2, -0.15) is 0 Å². The smallest absolute Gasteiger partial charge is 0.277 e. The summed E-state index contributed by atoms with van der Waals surface area (Å²) < 4.78 is 5.38. The molecule has 4 rings (SSSR count). The summed E-state index contributed by atoms with van der Waals surface area (Å²) >= 11 is 0. The molecule has 0 aliphatic carbocycles. The van der Waals surface area contributed by atoms with Crippen LogP contribution in [0.1, 0.15) is 24.0 Å². The van der Waals surface area contributed by atoms with Crippen LogP contribution in [0, 0.1) is 6.92 Å². The van der Waals surface area contributed by atoms with E-state index in [1.54, 1.807) is 0 Å². The number of imide groups is 1. The first kappa shape index (κ1) is 18.2. The Kier molecular flexibility index (Phi) is 5.27. The maximum Gasteiger partial charge on any atom is 0.277 e. The van der Waals surface area contributed by atoms with Gasteiger partial charge in [-0.25, -0.2) is 0 Å². The molecule has 3 heterocycles. The van der Waals surface area contributed by atoms with Gasteiger partial charge in [-0.05, 0) is 25.3 Å². The number of morpholine rings is 1. The maximum atomic E-state index is 13.2. The molecule has 0 radical (unpaired) electrons. The number of ether oxygens (including phenoxy) is 1. The van der Waals surface area contributed by atoms with E-state index in [1.807, 2.05) is 31.2 Å². The van der Waals surface area contributed by atoms with Crippen molar-refractivity contribution in [3.8, 4) is 0 Å². The van der Waals surface area contributed by atoms with Crippen LogP contribution in [0.3, 0.4) is 0 Å². The second-order valence-electron chi connectivity index (χ2n) is 7.50. The highest BCUT2D eigenvalue weighted by molar-refractivity contribution is 6.35. The van der Waals surface area contributed by atoms with Crippen molar-refractivity contribution in [1.29, 1.82) is 0 Å². The van der Waals surface area contributed by atoms with Gasteiger partial charge in [0.1, 0.15) is 5.70 Å². The van der Waals surface area contributed by atoms with Crippen molar-refractivity contribution in [3.63, 3.8) is 0 Å². The van der Waals surface area contributed by atoms with Gasteiger partial charge < -0.3 is 9.64 Å². The van der Waals surface area contributed by atoms with E-state index in [0.717, 1.165) is 50.1 Å². The van der Waals surface area contributed by atoms with Crippen LogP contribution in [-0.2, 0) is 14.3 Å². The summed E-state index contributed by atoms with van der Waals surface area (Å²) in [7, 11) is 0.